The Morgan fingerprint density at radius 3 is 2.70 bits per heavy atom. The maximum Gasteiger partial charge on any atom is 0.254 e. The Balaban J connectivity index is 1.44. The van der Waals surface area contributed by atoms with Gasteiger partial charge in [-0.05, 0) is 45.6 Å². The SMILES string of the molecule is COC1(C(=O)N2CCC(c3nc(-c4ccc(C=N)c(NC(C)C)c4)no3)CC2)CC1. The summed E-state index contributed by atoms with van der Waals surface area (Å²) in [5.74, 6) is 1.44. The molecule has 4 rings (SSSR count). The lowest BCUT2D eigenvalue weighted by Gasteiger charge is -2.32. The number of amides is 1. The molecule has 1 aliphatic heterocycles. The quantitative estimate of drug-likeness (QED) is 0.677. The lowest BCUT2D eigenvalue weighted by atomic mass is 9.96. The first-order valence-corrected chi connectivity index (χ1v) is 10.6. The van der Waals surface area contributed by atoms with Crippen molar-refractivity contribution in [1.82, 2.24) is 15.0 Å². The average Bonchev–Trinajstić information content (AvgIpc) is 3.41. The number of hydrogen-bond acceptors (Lipinski definition) is 7. The van der Waals surface area contributed by atoms with Crippen molar-refractivity contribution in [3.8, 4) is 11.4 Å². The summed E-state index contributed by atoms with van der Waals surface area (Å²) in [4.78, 5) is 19.2. The smallest absolute Gasteiger partial charge is 0.254 e. The van der Waals surface area contributed by atoms with Crippen molar-refractivity contribution in [3.05, 3.63) is 29.7 Å². The number of ether oxygens (including phenoxy) is 1. The zero-order chi connectivity index (χ0) is 21.3. The highest BCUT2D eigenvalue weighted by Gasteiger charge is 2.52. The van der Waals surface area contributed by atoms with E-state index < -0.39 is 5.60 Å². The van der Waals surface area contributed by atoms with Crippen molar-refractivity contribution in [2.45, 2.75) is 57.1 Å². The van der Waals surface area contributed by atoms with E-state index >= 15 is 0 Å². The molecule has 0 atom stereocenters. The van der Waals surface area contributed by atoms with Gasteiger partial charge in [0, 0.05) is 55.2 Å². The lowest BCUT2D eigenvalue weighted by molar-refractivity contribution is -0.145. The molecule has 1 aromatic carbocycles. The van der Waals surface area contributed by atoms with Crippen molar-refractivity contribution in [2.75, 3.05) is 25.5 Å². The third-order valence-corrected chi connectivity index (χ3v) is 5.97. The highest BCUT2D eigenvalue weighted by Crippen LogP contribution is 2.41. The molecule has 160 valence electrons. The molecule has 1 aliphatic carbocycles. The van der Waals surface area contributed by atoms with E-state index in [4.69, 9.17) is 14.7 Å². The Morgan fingerprint density at radius 1 is 1.37 bits per heavy atom. The van der Waals surface area contributed by atoms with Crippen molar-refractivity contribution < 1.29 is 14.1 Å². The van der Waals surface area contributed by atoms with Gasteiger partial charge in [0.2, 0.25) is 11.7 Å². The molecule has 0 radical (unpaired) electrons. The normalized spacial score (nSPS) is 18.5. The number of benzene rings is 1. The van der Waals surface area contributed by atoms with Gasteiger partial charge in [-0.2, -0.15) is 4.98 Å². The largest absolute Gasteiger partial charge is 0.382 e. The molecule has 2 aromatic rings. The fourth-order valence-electron chi connectivity index (χ4n) is 4.01. The van der Waals surface area contributed by atoms with Gasteiger partial charge in [-0.1, -0.05) is 17.3 Å². The number of likely N-dealkylation sites (tertiary alicyclic amines) is 1. The van der Waals surface area contributed by atoms with Crippen LogP contribution >= 0.6 is 0 Å². The molecule has 1 amide bonds. The number of carbonyl (C=O) groups is 1. The van der Waals surface area contributed by atoms with E-state index in [1.165, 1.54) is 6.21 Å². The highest BCUT2D eigenvalue weighted by atomic mass is 16.5. The molecule has 2 N–H and O–H groups in total. The molecule has 0 spiro atoms. The summed E-state index contributed by atoms with van der Waals surface area (Å²) in [6, 6.07) is 5.99. The summed E-state index contributed by atoms with van der Waals surface area (Å²) >= 11 is 0. The first-order valence-electron chi connectivity index (χ1n) is 10.6. The van der Waals surface area contributed by atoms with Gasteiger partial charge in [0.1, 0.15) is 5.60 Å². The minimum absolute atomic E-state index is 0.117. The van der Waals surface area contributed by atoms with Crippen LogP contribution in [0.1, 0.15) is 56.9 Å². The zero-order valence-electron chi connectivity index (χ0n) is 17.8. The second-order valence-corrected chi connectivity index (χ2v) is 8.47. The second kappa shape index (κ2) is 8.18. The molecular weight excluding hydrogens is 382 g/mol. The highest BCUT2D eigenvalue weighted by molar-refractivity contribution is 5.88. The van der Waals surface area contributed by atoms with Gasteiger partial charge in [-0.15, -0.1) is 0 Å². The molecular formula is C22H29N5O3. The molecule has 30 heavy (non-hydrogen) atoms. The number of anilines is 1. The fourth-order valence-corrected chi connectivity index (χ4v) is 4.01. The number of nitrogens with one attached hydrogen (secondary N) is 2. The van der Waals surface area contributed by atoms with E-state index in [1.54, 1.807) is 7.11 Å². The maximum absolute atomic E-state index is 12.6. The molecule has 1 saturated heterocycles. The number of nitrogens with zero attached hydrogens (tertiary/aromatic N) is 3. The fraction of sp³-hybridized carbons (Fsp3) is 0.545. The molecule has 8 heteroatoms. The number of aromatic nitrogens is 2. The average molecular weight is 412 g/mol. The lowest BCUT2D eigenvalue weighted by Crippen LogP contribution is -2.45. The van der Waals surface area contributed by atoms with Crippen LogP contribution in [-0.2, 0) is 9.53 Å². The van der Waals surface area contributed by atoms with Crippen LogP contribution in [0.3, 0.4) is 0 Å². The van der Waals surface area contributed by atoms with E-state index in [2.05, 4.69) is 29.3 Å². The maximum atomic E-state index is 12.6. The van der Waals surface area contributed by atoms with Crippen LogP contribution in [0, 0.1) is 5.41 Å². The van der Waals surface area contributed by atoms with E-state index in [9.17, 15) is 4.79 Å². The van der Waals surface area contributed by atoms with Crippen LogP contribution in [0.25, 0.3) is 11.4 Å². The second-order valence-electron chi connectivity index (χ2n) is 8.47. The van der Waals surface area contributed by atoms with Crippen molar-refractivity contribution >= 4 is 17.8 Å². The van der Waals surface area contributed by atoms with Crippen LogP contribution in [0.4, 0.5) is 5.69 Å². The van der Waals surface area contributed by atoms with Crippen molar-refractivity contribution in [2.24, 2.45) is 0 Å². The predicted molar refractivity (Wildman–Crippen MR) is 114 cm³/mol. The Morgan fingerprint density at radius 2 is 2.10 bits per heavy atom. The topological polar surface area (TPSA) is 104 Å². The van der Waals surface area contributed by atoms with Crippen molar-refractivity contribution in [3.63, 3.8) is 0 Å². The standard InChI is InChI=1S/C22H29N5O3/c1-14(2)24-18-12-16(4-5-17(18)13-23)19-25-20(30-26-19)15-6-10-27(11-7-15)21(28)22(29-3)8-9-22/h4-5,12-15,23-24H,6-11H2,1-3H3. The summed E-state index contributed by atoms with van der Waals surface area (Å²) in [6.07, 6.45) is 4.58. The molecule has 8 nitrogen and oxygen atoms in total. The van der Waals surface area contributed by atoms with Gasteiger partial charge in [0.25, 0.3) is 5.91 Å². The summed E-state index contributed by atoms with van der Waals surface area (Å²) in [6.45, 7) is 5.48. The number of hydrogen-bond donors (Lipinski definition) is 2. The van der Waals surface area contributed by atoms with Crippen LogP contribution in [0.2, 0.25) is 0 Å². The number of piperidine rings is 1. The van der Waals surface area contributed by atoms with E-state index in [1.807, 2.05) is 23.1 Å². The summed E-state index contributed by atoms with van der Waals surface area (Å²) in [5.41, 5.74) is 1.98. The summed E-state index contributed by atoms with van der Waals surface area (Å²) < 4.78 is 11.0. The van der Waals surface area contributed by atoms with Crippen LogP contribution in [-0.4, -0.2) is 59.0 Å². The summed E-state index contributed by atoms with van der Waals surface area (Å²) in [7, 11) is 1.62. The van der Waals surface area contributed by atoms with Gasteiger partial charge in [0.15, 0.2) is 0 Å². The van der Waals surface area contributed by atoms with E-state index in [0.717, 1.165) is 42.5 Å². The van der Waals surface area contributed by atoms with Gasteiger partial charge in [0.05, 0.1) is 0 Å². The minimum atomic E-state index is -0.561. The monoisotopic (exact) mass is 411 g/mol. The van der Waals surface area contributed by atoms with E-state index in [-0.39, 0.29) is 17.9 Å². The molecule has 0 unspecified atom stereocenters. The first kappa shape index (κ1) is 20.5. The predicted octanol–water partition coefficient (Wildman–Crippen LogP) is 3.44. The minimum Gasteiger partial charge on any atom is -0.382 e. The molecule has 1 aromatic heterocycles. The van der Waals surface area contributed by atoms with Gasteiger partial charge in [-0.3, -0.25) is 4.79 Å². The molecule has 2 heterocycles. The number of carbonyl (C=O) groups excluding carboxylic acids is 1. The van der Waals surface area contributed by atoms with Gasteiger partial charge < -0.3 is 24.9 Å². The molecule has 2 fully saturated rings. The Hall–Kier alpha value is -2.74. The Kier molecular flexibility index (Phi) is 5.60. The first-order chi connectivity index (χ1) is 14.5. The van der Waals surface area contributed by atoms with Gasteiger partial charge >= 0.3 is 0 Å². The molecule has 1 saturated carbocycles. The van der Waals surface area contributed by atoms with Gasteiger partial charge in [-0.25, -0.2) is 0 Å². The third kappa shape index (κ3) is 3.96. The van der Waals surface area contributed by atoms with Crippen LogP contribution in [0.5, 0.6) is 0 Å². The van der Waals surface area contributed by atoms with E-state index in [0.29, 0.717) is 24.8 Å². The Bertz CT molecular complexity index is 927. The zero-order valence-corrected chi connectivity index (χ0v) is 17.8. The Labute approximate surface area is 176 Å². The number of rotatable bonds is 7. The van der Waals surface area contributed by atoms with Crippen LogP contribution in [0.15, 0.2) is 22.7 Å². The third-order valence-electron chi connectivity index (χ3n) is 5.97. The van der Waals surface area contributed by atoms with Crippen LogP contribution < -0.4 is 5.32 Å². The van der Waals surface area contributed by atoms with Crippen molar-refractivity contribution in [1.29, 1.82) is 5.41 Å². The number of methoxy groups -OCH3 is 1. The molecule has 0 bridgehead atoms. The summed E-state index contributed by atoms with van der Waals surface area (Å²) in [5, 5.41) is 15.1. The molecule has 2 aliphatic rings.